The Labute approximate surface area is 162 Å². The number of rotatable bonds is 5. The first-order chi connectivity index (χ1) is 13.3. The first kappa shape index (κ1) is 19.9. The fourth-order valence-corrected chi connectivity index (χ4v) is 3.27. The second-order valence-corrected chi connectivity index (χ2v) is 7.21. The maximum Gasteiger partial charge on any atom is 0.240 e. The smallest absolute Gasteiger partial charge is 0.240 e. The van der Waals surface area contributed by atoms with Crippen molar-refractivity contribution in [3.63, 3.8) is 0 Å². The van der Waals surface area contributed by atoms with Crippen LogP contribution in [0.2, 0.25) is 0 Å². The van der Waals surface area contributed by atoms with Crippen LogP contribution in [0.25, 0.3) is 11.1 Å². The predicted molar refractivity (Wildman–Crippen MR) is 103 cm³/mol. The number of carbonyl (C=O) groups excluding carboxylic acids is 2. The Morgan fingerprint density at radius 2 is 1.54 bits per heavy atom. The number of alkyl halides is 1. The van der Waals surface area contributed by atoms with Crippen LogP contribution < -0.4 is 5.73 Å². The number of benzene rings is 2. The second kappa shape index (κ2) is 8.06. The summed E-state index contributed by atoms with van der Waals surface area (Å²) in [6.45, 7) is 0.0256. The van der Waals surface area contributed by atoms with Crippen molar-refractivity contribution in [2.24, 2.45) is 5.73 Å². The second-order valence-electron chi connectivity index (χ2n) is 7.21. The molecule has 2 atom stereocenters. The third kappa shape index (κ3) is 4.04. The Morgan fingerprint density at radius 3 is 2.00 bits per heavy atom. The Hall–Kier alpha value is -2.80. The largest absolute Gasteiger partial charge is 0.348 e. The molecule has 0 aromatic heterocycles. The molecule has 148 valence electrons. The number of nitrogens with two attached hydrogens (primary N) is 1. The summed E-state index contributed by atoms with van der Waals surface area (Å²) in [5.74, 6) is -1.92. The first-order valence-electron chi connectivity index (χ1n) is 9.03. The Kier molecular flexibility index (Phi) is 5.74. The zero-order chi connectivity index (χ0) is 20.4. The van der Waals surface area contributed by atoms with E-state index in [1.165, 1.54) is 21.9 Å². The van der Waals surface area contributed by atoms with Crippen LogP contribution in [0.1, 0.15) is 11.5 Å². The molecule has 1 fully saturated rings. The maximum absolute atomic E-state index is 13.1. The minimum absolute atomic E-state index is 0.0128. The highest BCUT2D eigenvalue weighted by Crippen LogP contribution is 2.27. The van der Waals surface area contributed by atoms with Crippen molar-refractivity contribution in [1.29, 1.82) is 0 Å². The number of likely N-dealkylation sites (N-methyl/N-ethyl adjacent to an activating group) is 1. The fraction of sp³-hybridized carbons (Fsp3) is 0.333. The van der Waals surface area contributed by atoms with E-state index in [0.717, 1.165) is 11.1 Å². The molecule has 1 aliphatic rings. The minimum Gasteiger partial charge on any atom is -0.348 e. The van der Waals surface area contributed by atoms with Gasteiger partial charge >= 0.3 is 0 Å². The third-order valence-corrected chi connectivity index (χ3v) is 4.95. The first-order valence-corrected chi connectivity index (χ1v) is 9.03. The Bertz CT molecular complexity index is 847. The van der Waals surface area contributed by atoms with Crippen LogP contribution in [0.15, 0.2) is 48.5 Å². The van der Waals surface area contributed by atoms with Crippen LogP contribution in [0, 0.1) is 5.82 Å². The van der Waals surface area contributed by atoms with Gasteiger partial charge in [-0.1, -0.05) is 36.4 Å². The number of halogens is 2. The summed E-state index contributed by atoms with van der Waals surface area (Å²) in [6.07, 6.45) is -1.03. The molecule has 3 rings (SSSR count). The molecule has 0 bridgehead atoms. The van der Waals surface area contributed by atoms with Gasteiger partial charge < -0.3 is 15.5 Å². The third-order valence-electron chi connectivity index (χ3n) is 4.95. The van der Waals surface area contributed by atoms with Gasteiger partial charge in [-0.05, 0) is 28.8 Å². The van der Waals surface area contributed by atoms with Gasteiger partial charge in [0.1, 0.15) is 18.0 Å². The molecule has 1 heterocycles. The maximum atomic E-state index is 13.1. The summed E-state index contributed by atoms with van der Waals surface area (Å²) in [6, 6.07) is 12.1. The van der Waals surface area contributed by atoms with E-state index < -0.39 is 24.0 Å². The van der Waals surface area contributed by atoms with Crippen molar-refractivity contribution in [1.82, 2.24) is 9.80 Å². The van der Waals surface area contributed by atoms with E-state index in [1.54, 1.807) is 50.5 Å². The quantitative estimate of drug-likeness (QED) is 0.855. The van der Waals surface area contributed by atoms with Gasteiger partial charge in [0.15, 0.2) is 0 Å². The lowest BCUT2D eigenvalue weighted by molar-refractivity contribution is -0.143. The molecule has 1 saturated heterocycles. The number of hydrogen-bond donors (Lipinski definition) is 1. The summed E-state index contributed by atoms with van der Waals surface area (Å²) < 4.78 is 26.2. The number of nitrogens with zero attached hydrogens (tertiary/aromatic N) is 2. The van der Waals surface area contributed by atoms with Crippen LogP contribution in [0.4, 0.5) is 8.78 Å². The molecular formula is C21H23F2N3O2. The van der Waals surface area contributed by atoms with Crippen molar-refractivity contribution in [2.45, 2.75) is 18.1 Å². The van der Waals surface area contributed by atoms with Gasteiger partial charge in [0, 0.05) is 14.1 Å². The minimum atomic E-state index is -1.10. The van der Waals surface area contributed by atoms with E-state index >= 15 is 0 Å². The van der Waals surface area contributed by atoms with Crippen molar-refractivity contribution >= 4 is 11.8 Å². The molecule has 28 heavy (non-hydrogen) atoms. The molecule has 2 aromatic rings. The van der Waals surface area contributed by atoms with Gasteiger partial charge in [0.2, 0.25) is 11.8 Å². The van der Waals surface area contributed by atoms with Crippen molar-refractivity contribution < 1.29 is 18.4 Å². The van der Waals surface area contributed by atoms with Crippen LogP contribution >= 0.6 is 0 Å². The van der Waals surface area contributed by atoms with E-state index in [-0.39, 0.29) is 24.8 Å². The van der Waals surface area contributed by atoms with E-state index in [9.17, 15) is 18.4 Å². The molecule has 1 aliphatic heterocycles. The zero-order valence-electron chi connectivity index (χ0n) is 15.8. The van der Waals surface area contributed by atoms with E-state index in [2.05, 4.69) is 0 Å². The average molecular weight is 387 g/mol. The van der Waals surface area contributed by atoms with Crippen molar-refractivity contribution in [3.8, 4) is 11.1 Å². The lowest BCUT2D eigenvalue weighted by Crippen LogP contribution is -2.58. The number of likely N-dealkylation sites (tertiary alicyclic amines) is 1. The van der Waals surface area contributed by atoms with E-state index in [4.69, 9.17) is 5.73 Å². The molecule has 0 radical (unpaired) electrons. The SMILES string of the molecule is CN(C)C(=O)[C@@H](c1ccc(-c2ccc(F)cc2)cc1)[C@H](N)C(=O)N1CC(F)C1. The van der Waals surface area contributed by atoms with Gasteiger partial charge in [-0.2, -0.15) is 0 Å². The van der Waals surface area contributed by atoms with E-state index in [1.807, 2.05) is 0 Å². The number of hydrogen-bond acceptors (Lipinski definition) is 3. The van der Waals surface area contributed by atoms with Crippen molar-refractivity contribution in [2.75, 3.05) is 27.2 Å². The molecular weight excluding hydrogens is 364 g/mol. The zero-order valence-corrected chi connectivity index (χ0v) is 15.8. The van der Waals surface area contributed by atoms with Crippen LogP contribution in [0.3, 0.4) is 0 Å². The molecule has 0 unspecified atom stereocenters. The molecule has 2 aromatic carbocycles. The molecule has 0 saturated carbocycles. The molecule has 2 N–H and O–H groups in total. The van der Waals surface area contributed by atoms with Crippen LogP contribution in [0.5, 0.6) is 0 Å². The van der Waals surface area contributed by atoms with Gasteiger partial charge in [-0.25, -0.2) is 8.78 Å². The standard InChI is InChI=1S/C21H23F2N3O2/c1-25(2)20(27)18(19(24)21(28)26-11-17(23)12-26)15-5-3-13(4-6-15)14-7-9-16(22)10-8-14/h3-10,17-19H,11-12,24H2,1-2H3/t18-,19-/m0/s1. The molecule has 7 heteroatoms. The molecule has 0 aliphatic carbocycles. The van der Waals surface area contributed by atoms with Gasteiger partial charge in [-0.3, -0.25) is 9.59 Å². The van der Waals surface area contributed by atoms with E-state index in [0.29, 0.717) is 5.56 Å². The highest BCUT2D eigenvalue weighted by Gasteiger charge is 2.39. The lowest BCUT2D eigenvalue weighted by atomic mass is 9.88. The molecule has 2 amide bonds. The highest BCUT2D eigenvalue weighted by molar-refractivity contribution is 5.93. The monoisotopic (exact) mass is 387 g/mol. The molecule has 5 nitrogen and oxygen atoms in total. The number of amides is 2. The lowest BCUT2D eigenvalue weighted by Gasteiger charge is -2.37. The summed E-state index contributed by atoms with van der Waals surface area (Å²) >= 11 is 0. The topological polar surface area (TPSA) is 66.6 Å². The summed E-state index contributed by atoms with van der Waals surface area (Å²) in [5, 5.41) is 0. The Morgan fingerprint density at radius 1 is 1.04 bits per heavy atom. The van der Waals surface area contributed by atoms with Gasteiger partial charge in [0.05, 0.1) is 19.0 Å². The van der Waals surface area contributed by atoms with Crippen LogP contribution in [-0.2, 0) is 9.59 Å². The predicted octanol–water partition coefficient (Wildman–Crippen LogP) is 2.17. The Balaban J connectivity index is 1.86. The normalized spacial score (nSPS) is 16.2. The summed E-state index contributed by atoms with van der Waals surface area (Å²) in [7, 11) is 3.20. The summed E-state index contributed by atoms with van der Waals surface area (Å²) in [5.41, 5.74) is 8.43. The van der Waals surface area contributed by atoms with Crippen LogP contribution in [-0.4, -0.2) is 61.0 Å². The summed E-state index contributed by atoms with van der Waals surface area (Å²) in [4.78, 5) is 28.0. The number of carbonyl (C=O) groups is 2. The van der Waals surface area contributed by atoms with Gasteiger partial charge in [0.25, 0.3) is 0 Å². The highest BCUT2D eigenvalue weighted by atomic mass is 19.1. The molecule has 0 spiro atoms. The fourth-order valence-electron chi connectivity index (χ4n) is 3.27. The average Bonchev–Trinajstić information content (AvgIpc) is 2.66. The van der Waals surface area contributed by atoms with Gasteiger partial charge in [-0.15, -0.1) is 0 Å². The van der Waals surface area contributed by atoms with Crippen molar-refractivity contribution in [3.05, 3.63) is 59.9 Å².